The summed E-state index contributed by atoms with van der Waals surface area (Å²) in [6.07, 6.45) is 0. The monoisotopic (exact) mass is 480 g/mol. The van der Waals surface area contributed by atoms with Crippen LogP contribution < -0.4 is 5.32 Å². The minimum absolute atomic E-state index is 0.0889. The van der Waals surface area contributed by atoms with Gasteiger partial charge in [0.25, 0.3) is 5.91 Å². The molecule has 0 saturated carbocycles. The normalized spacial score (nSPS) is 11.7. The number of sulfonamides is 1. The summed E-state index contributed by atoms with van der Waals surface area (Å²) in [5.41, 5.74) is 1.01. The highest BCUT2D eigenvalue weighted by atomic mass is 127. The van der Waals surface area contributed by atoms with Gasteiger partial charge in [-0.3, -0.25) is 4.79 Å². The van der Waals surface area contributed by atoms with E-state index in [1.54, 1.807) is 6.07 Å². The van der Waals surface area contributed by atoms with Gasteiger partial charge < -0.3 is 5.32 Å². The van der Waals surface area contributed by atoms with E-state index in [0.29, 0.717) is 14.8 Å². The number of hydrogen-bond acceptors (Lipinski definition) is 3. The largest absolute Gasteiger partial charge is 0.321 e. The van der Waals surface area contributed by atoms with Gasteiger partial charge in [-0.15, -0.1) is 0 Å². The van der Waals surface area contributed by atoms with Gasteiger partial charge in [0.2, 0.25) is 10.0 Å². The molecule has 0 spiro atoms. The second-order valence-corrected chi connectivity index (χ2v) is 9.22. The zero-order valence-corrected chi connectivity index (χ0v) is 17.2. The minimum atomic E-state index is -3.61. The van der Waals surface area contributed by atoms with E-state index in [4.69, 9.17) is 0 Å². The molecule has 134 valence electrons. The van der Waals surface area contributed by atoms with E-state index in [1.807, 2.05) is 65.1 Å². The highest BCUT2D eigenvalue weighted by molar-refractivity contribution is 14.1. The number of nitrogens with zero attached hydrogens (tertiary/aromatic N) is 1. The molecule has 0 aliphatic rings. The lowest BCUT2D eigenvalue weighted by molar-refractivity contribution is 0.102. The van der Waals surface area contributed by atoms with Gasteiger partial charge in [-0.25, -0.2) is 12.7 Å². The molecule has 0 bridgehead atoms. The molecule has 5 nitrogen and oxygen atoms in total. The van der Waals surface area contributed by atoms with E-state index < -0.39 is 10.0 Å². The number of rotatable bonds is 4. The number of carbonyl (C=O) groups excluding carboxylic acids is 1. The number of amides is 1. The number of halogens is 1. The van der Waals surface area contributed by atoms with Crippen molar-refractivity contribution in [1.82, 2.24) is 4.31 Å². The van der Waals surface area contributed by atoms with Crippen molar-refractivity contribution < 1.29 is 13.2 Å². The van der Waals surface area contributed by atoms with Crippen LogP contribution in [0.4, 0.5) is 5.69 Å². The fourth-order valence-electron chi connectivity index (χ4n) is 2.57. The Morgan fingerprint density at radius 3 is 2.42 bits per heavy atom. The molecule has 1 N–H and O–H groups in total. The Kier molecular flexibility index (Phi) is 5.31. The summed E-state index contributed by atoms with van der Waals surface area (Å²) in [5, 5.41) is 4.84. The molecule has 1 amide bonds. The van der Waals surface area contributed by atoms with E-state index in [-0.39, 0.29) is 10.8 Å². The van der Waals surface area contributed by atoms with Gasteiger partial charge in [0, 0.05) is 28.7 Å². The van der Waals surface area contributed by atoms with Crippen LogP contribution in [0.2, 0.25) is 0 Å². The summed E-state index contributed by atoms with van der Waals surface area (Å²) >= 11 is 2.03. The molecule has 26 heavy (non-hydrogen) atoms. The molecule has 0 fully saturated rings. The lowest BCUT2D eigenvalue weighted by atomic mass is 10.1. The average molecular weight is 480 g/mol. The second kappa shape index (κ2) is 7.34. The molecule has 0 atom stereocenters. The van der Waals surface area contributed by atoms with Crippen LogP contribution in [0.25, 0.3) is 10.8 Å². The van der Waals surface area contributed by atoms with E-state index in [2.05, 4.69) is 5.32 Å². The summed E-state index contributed by atoms with van der Waals surface area (Å²) in [7, 11) is -0.684. The van der Waals surface area contributed by atoms with Gasteiger partial charge in [0.05, 0.1) is 10.5 Å². The maximum Gasteiger partial charge on any atom is 0.256 e. The highest BCUT2D eigenvalue weighted by Gasteiger charge is 2.21. The number of carbonyl (C=O) groups is 1. The lowest BCUT2D eigenvalue weighted by Gasteiger charge is -2.14. The van der Waals surface area contributed by atoms with Crippen LogP contribution in [0.1, 0.15) is 10.4 Å². The van der Waals surface area contributed by atoms with Crippen LogP contribution in [0.3, 0.4) is 0 Å². The first-order chi connectivity index (χ1) is 12.3. The first-order valence-corrected chi connectivity index (χ1v) is 10.3. The second-order valence-electron chi connectivity index (χ2n) is 5.91. The molecule has 0 aliphatic carbocycles. The fourth-order valence-corrected chi connectivity index (χ4v) is 4.08. The molecular weight excluding hydrogens is 463 g/mol. The van der Waals surface area contributed by atoms with Gasteiger partial charge >= 0.3 is 0 Å². The van der Waals surface area contributed by atoms with Crippen molar-refractivity contribution in [1.29, 1.82) is 0 Å². The van der Waals surface area contributed by atoms with Gasteiger partial charge in [0.1, 0.15) is 0 Å². The molecule has 0 aliphatic heterocycles. The molecule has 0 unspecified atom stereocenters. The zero-order valence-electron chi connectivity index (χ0n) is 14.2. The van der Waals surface area contributed by atoms with Gasteiger partial charge in [0.15, 0.2) is 0 Å². The standard InChI is InChI=1S/C19H17IN2O3S/c1-22(2)26(24,25)14-10-11-17(20)16(12-14)19(23)21-18-9-5-7-13-6-3-4-8-15(13)18/h3-12H,1-2H3,(H,21,23). The maximum absolute atomic E-state index is 12.8. The molecule has 3 aromatic rings. The molecular formula is C19H17IN2O3S. The summed E-state index contributed by atoms with van der Waals surface area (Å²) in [5.74, 6) is -0.346. The Morgan fingerprint density at radius 2 is 1.69 bits per heavy atom. The van der Waals surface area contributed by atoms with Crippen molar-refractivity contribution in [3.63, 3.8) is 0 Å². The molecule has 0 aromatic heterocycles. The minimum Gasteiger partial charge on any atom is -0.321 e. The summed E-state index contributed by atoms with van der Waals surface area (Å²) in [4.78, 5) is 12.9. The van der Waals surface area contributed by atoms with E-state index in [9.17, 15) is 13.2 Å². The van der Waals surface area contributed by atoms with Crippen molar-refractivity contribution >= 4 is 55.0 Å². The third-order valence-electron chi connectivity index (χ3n) is 4.00. The first kappa shape index (κ1) is 18.8. The number of benzene rings is 3. The molecule has 3 rings (SSSR count). The average Bonchev–Trinajstić information content (AvgIpc) is 2.62. The summed E-state index contributed by atoms with van der Waals surface area (Å²) in [6.45, 7) is 0. The molecule has 3 aromatic carbocycles. The van der Waals surface area contributed by atoms with Crippen LogP contribution >= 0.6 is 22.6 Å². The zero-order chi connectivity index (χ0) is 18.9. The summed E-state index contributed by atoms with van der Waals surface area (Å²) in [6, 6.07) is 18.0. The third-order valence-corrected chi connectivity index (χ3v) is 6.75. The fraction of sp³-hybridized carbons (Fsp3) is 0.105. The molecule has 0 heterocycles. The van der Waals surface area contributed by atoms with Crippen molar-refractivity contribution in [2.75, 3.05) is 19.4 Å². The number of fused-ring (bicyclic) bond motifs is 1. The van der Waals surface area contributed by atoms with E-state index in [1.165, 1.54) is 26.2 Å². The first-order valence-electron chi connectivity index (χ1n) is 7.82. The van der Waals surface area contributed by atoms with Gasteiger partial charge in [-0.05, 0) is 52.2 Å². The van der Waals surface area contributed by atoms with Crippen LogP contribution in [-0.2, 0) is 10.0 Å². The van der Waals surface area contributed by atoms with Crippen LogP contribution in [0, 0.1) is 3.57 Å². The molecule has 7 heteroatoms. The topological polar surface area (TPSA) is 66.5 Å². The quantitative estimate of drug-likeness (QED) is 0.576. The summed E-state index contributed by atoms with van der Waals surface area (Å²) < 4.78 is 26.5. The van der Waals surface area contributed by atoms with Crippen molar-refractivity contribution in [2.45, 2.75) is 4.90 Å². The number of nitrogens with one attached hydrogen (secondary N) is 1. The molecule has 0 radical (unpaired) electrons. The Labute approximate surface area is 166 Å². The van der Waals surface area contributed by atoms with Crippen molar-refractivity contribution in [3.05, 3.63) is 69.8 Å². The Hall–Kier alpha value is -1.97. The Bertz CT molecular complexity index is 1090. The Morgan fingerprint density at radius 1 is 1.00 bits per heavy atom. The predicted octanol–water partition coefficient (Wildman–Crippen LogP) is 3.95. The van der Waals surface area contributed by atoms with E-state index in [0.717, 1.165) is 15.1 Å². The van der Waals surface area contributed by atoms with Crippen molar-refractivity contribution in [2.24, 2.45) is 0 Å². The lowest BCUT2D eigenvalue weighted by Crippen LogP contribution is -2.23. The molecule has 0 saturated heterocycles. The van der Waals surface area contributed by atoms with Crippen LogP contribution in [0.5, 0.6) is 0 Å². The van der Waals surface area contributed by atoms with Gasteiger partial charge in [-0.2, -0.15) is 0 Å². The SMILES string of the molecule is CN(C)S(=O)(=O)c1ccc(I)c(C(=O)Nc2cccc3ccccc23)c1. The maximum atomic E-state index is 12.8. The van der Waals surface area contributed by atoms with E-state index >= 15 is 0 Å². The van der Waals surface area contributed by atoms with Crippen LogP contribution in [0.15, 0.2) is 65.6 Å². The Balaban J connectivity index is 2.00. The third kappa shape index (κ3) is 3.60. The van der Waals surface area contributed by atoms with Crippen molar-refractivity contribution in [3.8, 4) is 0 Å². The number of hydrogen-bond donors (Lipinski definition) is 1. The smallest absolute Gasteiger partial charge is 0.256 e. The highest BCUT2D eigenvalue weighted by Crippen LogP contribution is 2.25. The van der Waals surface area contributed by atoms with Gasteiger partial charge in [-0.1, -0.05) is 36.4 Å². The van der Waals surface area contributed by atoms with Crippen LogP contribution in [-0.4, -0.2) is 32.7 Å². The predicted molar refractivity (Wildman–Crippen MR) is 112 cm³/mol. The number of anilines is 1.